The van der Waals surface area contributed by atoms with E-state index in [0.717, 1.165) is 5.56 Å². The van der Waals surface area contributed by atoms with Crippen molar-refractivity contribution in [3.8, 4) is 5.75 Å². The summed E-state index contributed by atoms with van der Waals surface area (Å²) in [4.78, 5) is 36.2. The molecule has 0 saturated carbocycles. The van der Waals surface area contributed by atoms with Crippen LogP contribution in [0.2, 0.25) is 0 Å². The molecule has 0 spiro atoms. The molecule has 8 nitrogen and oxygen atoms in total. The monoisotopic (exact) mass is 393 g/mol. The molecule has 3 rings (SSSR count). The largest absolute Gasteiger partial charge is 0.496 e. The maximum atomic E-state index is 12.2. The van der Waals surface area contributed by atoms with Crippen molar-refractivity contribution < 1.29 is 23.9 Å². The predicted molar refractivity (Wildman–Crippen MR) is 104 cm³/mol. The van der Waals surface area contributed by atoms with Crippen molar-refractivity contribution in [1.82, 2.24) is 15.1 Å². The summed E-state index contributed by atoms with van der Waals surface area (Å²) in [6.07, 6.45) is 3.53. The fourth-order valence-corrected chi connectivity index (χ4v) is 2.60. The van der Waals surface area contributed by atoms with Crippen LogP contribution >= 0.6 is 0 Å². The molecule has 0 aliphatic rings. The third-order valence-electron chi connectivity index (χ3n) is 4.03. The van der Waals surface area contributed by atoms with Crippen LogP contribution < -0.4 is 10.1 Å². The summed E-state index contributed by atoms with van der Waals surface area (Å²) in [6, 6.07) is 15.1. The van der Waals surface area contributed by atoms with Crippen molar-refractivity contribution in [3.05, 3.63) is 83.7 Å². The number of methoxy groups -OCH3 is 1. The zero-order valence-electron chi connectivity index (χ0n) is 15.7. The topological polar surface area (TPSA) is 99.5 Å². The number of aromatic nitrogens is 2. The van der Waals surface area contributed by atoms with Gasteiger partial charge in [-0.15, -0.1) is 0 Å². The molecule has 0 radical (unpaired) electrons. The second-order valence-corrected chi connectivity index (χ2v) is 6.05. The average Bonchev–Trinajstić information content (AvgIpc) is 3.25. The fraction of sp³-hybridized carbons (Fsp3) is 0.143. The van der Waals surface area contributed by atoms with Crippen LogP contribution in [0.15, 0.2) is 67.0 Å². The zero-order valence-corrected chi connectivity index (χ0v) is 15.7. The van der Waals surface area contributed by atoms with Crippen LogP contribution in [0, 0.1) is 0 Å². The normalized spacial score (nSPS) is 10.2. The van der Waals surface area contributed by atoms with E-state index in [1.54, 1.807) is 53.3 Å². The number of rotatable bonds is 7. The third-order valence-corrected chi connectivity index (χ3v) is 4.03. The van der Waals surface area contributed by atoms with Gasteiger partial charge >= 0.3 is 5.97 Å². The number of carbonyl (C=O) groups is 3. The van der Waals surface area contributed by atoms with Crippen LogP contribution in [0.3, 0.4) is 0 Å². The lowest BCUT2D eigenvalue weighted by molar-refractivity contribution is -0.123. The van der Waals surface area contributed by atoms with Crippen LogP contribution in [-0.4, -0.2) is 41.3 Å². The number of benzene rings is 2. The Morgan fingerprint density at radius 1 is 1.03 bits per heavy atom. The molecular formula is C21H19N3O5. The van der Waals surface area contributed by atoms with Gasteiger partial charge in [-0.05, 0) is 35.9 Å². The van der Waals surface area contributed by atoms with Gasteiger partial charge in [-0.3, -0.25) is 19.6 Å². The molecule has 1 heterocycles. The second kappa shape index (κ2) is 9.32. The van der Waals surface area contributed by atoms with Gasteiger partial charge < -0.3 is 9.47 Å². The SMILES string of the molecule is COc1ccccc1C(=O)NC(=O)COC(=O)c1ccc(Cn2cccn2)cc1. The number of nitrogens with zero attached hydrogens (tertiary/aromatic N) is 2. The molecule has 3 aromatic rings. The van der Waals surface area contributed by atoms with Crippen LogP contribution in [0.4, 0.5) is 0 Å². The van der Waals surface area contributed by atoms with E-state index in [1.165, 1.54) is 13.2 Å². The van der Waals surface area contributed by atoms with E-state index < -0.39 is 24.4 Å². The molecule has 8 heteroatoms. The quantitative estimate of drug-likeness (QED) is 0.617. The molecule has 0 fully saturated rings. The highest BCUT2D eigenvalue weighted by Gasteiger charge is 2.16. The van der Waals surface area contributed by atoms with Gasteiger partial charge in [0, 0.05) is 12.4 Å². The van der Waals surface area contributed by atoms with Crippen molar-refractivity contribution in [2.24, 2.45) is 0 Å². The molecular weight excluding hydrogens is 374 g/mol. The highest BCUT2D eigenvalue weighted by molar-refractivity contribution is 6.07. The standard InChI is InChI=1S/C21H19N3O5/c1-28-18-6-3-2-5-17(18)20(26)23-19(25)14-29-21(27)16-9-7-15(8-10-16)13-24-12-4-11-22-24/h2-12H,13-14H2,1H3,(H,23,25,26). The number of para-hydroxylation sites is 1. The number of amides is 2. The van der Waals surface area contributed by atoms with Crippen molar-refractivity contribution in [2.75, 3.05) is 13.7 Å². The van der Waals surface area contributed by atoms with E-state index in [9.17, 15) is 14.4 Å². The first-order valence-corrected chi connectivity index (χ1v) is 8.77. The molecule has 1 aromatic heterocycles. The summed E-state index contributed by atoms with van der Waals surface area (Å²) in [5.74, 6) is -1.68. The lowest BCUT2D eigenvalue weighted by atomic mass is 10.1. The minimum atomic E-state index is -0.732. The Balaban J connectivity index is 1.50. The predicted octanol–water partition coefficient (Wildman–Crippen LogP) is 2.05. The van der Waals surface area contributed by atoms with Crippen molar-refractivity contribution >= 4 is 17.8 Å². The summed E-state index contributed by atoms with van der Waals surface area (Å²) >= 11 is 0. The smallest absolute Gasteiger partial charge is 0.338 e. The molecule has 148 valence electrons. The number of ether oxygens (including phenoxy) is 2. The van der Waals surface area contributed by atoms with Gasteiger partial charge in [-0.2, -0.15) is 5.10 Å². The lowest BCUT2D eigenvalue weighted by Gasteiger charge is -2.09. The number of nitrogens with one attached hydrogen (secondary N) is 1. The molecule has 0 aliphatic carbocycles. The number of imide groups is 1. The van der Waals surface area contributed by atoms with Crippen molar-refractivity contribution in [2.45, 2.75) is 6.54 Å². The van der Waals surface area contributed by atoms with Crippen molar-refractivity contribution in [3.63, 3.8) is 0 Å². The van der Waals surface area contributed by atoms with Crippen LogP contribution in [0.25, 0.3) is 0 Å². The van der Waals surface area contributed by atoms with Gasteiger partial charge in [-0.1, -0.05) is 24.3 Å². The number of hydrogen-bond acceptors (Lipinski definition) is 6. The van der Waals surface area contributed by atoms with Gasteiger partial charge in [0.25, 0.3) is 11.8 Å². The third kappa shape index (κ3) is 5.29. The fourth-order valence-electron chi connectivity index (χ4n) is 2.60. The molecule has 0 aliphatic heterocycles. The van der Waals surface area contributed by atoms with Crippen LogP contribution in [-0.2, 0) is 16.1 Å². The molecule has 0 unspecified atom stereocenters. The Labute approximate surface area is 167 Å². The Morgan fingerprint density at radius 3 is 2.48 bits per heavy atom. The van der Waals surface area contributed by atoms with Gasteiger partial charge in [-0.25, -0.2) is 4.79 Å². The van der Waals surface area contributed by atoms with Gasteiger partial charge in [0.2, 0.25) is 0 Å². The summed E-state index contributed by atoms with van der Waals surface area (Å²) in [5, 5.41) is 6.29. The van der Waals surface area contributed by atoms with Gasteiger partial charge in [0.05, 0.1) is 24.8 Å². The molecule has 0 bridgehead atoms. The number of carbonyl (C=O) groups excluding carboxylic acids is 3. The van der Waals surface area contributed by atoms with Gasteiger partial charge in [0.1, 0.15) is 5.75 Å². The minimum Gasteiger partial charge on any atom is -0.496 e. The van der Waals surface area contributed by atoms with E-state index in [4.69, 9.17) is 9.47 Å². The van der Waals surface area contributed by atoms with E-state index in [-0.39, 0.29) is 5.56 Å². The van der Waals surface area contributed by atoms with Crippen LogP contribution in [0.5, 0.6) is 5.75 Å². The maximum Gasteiger partial charge on any atom is 0.338 e. The Morgan fingerprint density at radius 2 is 1.79 bits per heavy atom. The zero-order chi connectivity index (χ0) is 20.6. The molecule has 1 N–H and O–H groups in total. The minimum absolute atomic E-state index is 0.211. The number of esters is 1. The summed E-state index contributed by atoms with van der Waals surface area (Å²) in [6.45, 7) is 0.00452. The first-order valence-electron chi connectivity index (χ1n) is 8.77. The van der Waals surface area contributed by atoms with E-state index >= 15 is 0 Å². The first-order chi connectivity index (χ1) is 14.1. The highest BCUT2D eigenvalue weighted by Crippen LogP contribution is 2.16. The number of hydrogen-bond donors (Lipinski definition) is 1. The second-order valence-electron chi connectivity index (χ2n) is 6.05. The van der Waals surface area contributed by atoms with E-state index in [1.807, 2.05) is 12.3 Å². The molecule has 2 amide bonds. The average molecular weight is 393 g/mol. The first kappa shape index (κ1) is 19.8. The Hall–Kier alpha value is -3.94. The molecule has 0 atom stereocenters. The Kier molecular flexibility index (Phi) is 6.36. The maximum absolute atomic E-state index is 12.2. The summed E-state index contributed by atoms with van der Waals surface area (Å²) in [7, 11) is 1.43. The molecule has 2 aromatic carbocycles. The molecule has 29 heavy (non-hydrogen) atoms. The lowest BCUT2D eigenvalue weighted by Crippen LogP contribution is -2.34. The summed E-state index contributed by atoms with van der Waals surface area (Å²) < 4.78 is 11.8. The highest BCUT2D eigenvalue weighted by atomic mass is 16.5. The van der Waals surface area contributed by atoms with Crippen LogP contribution in [0.1, 0.15) is 26.3 Å². The van der Waals surface area contributed by atoms with Gasteiger partial charge in [0.15, 0.2) is 6.61 Å². The van der Waals surface area contributed by atoms with Crippen molar-refractivity contribution in [1.29, 1.82) is 0 Å². The molecule has 0 saturated heterocycles. The van der Waals surface area contributed by atoms with E-state index in [0.29, 0.717) is 17.9 Å². The van der Waals surface area contributed by atoms with E-state index in [2.05, 4.69) is 10.4 Å². The Bertz CT molecular complexity index is 997. The summed E-state index contributed by atoms with van der Waals surface area (Å²) in [5.41, 5.74) is 1.48.